The van der Waals surface area contributed by atoms with E-state index in [1.165, 1.54) is 12.1 Å². The molecule has 3 aromatic carbocycles. The molecule has 0 aliphatic carbocycles. The maximum absolute atomic E-state index is 13.7. The second-order valence-electron chi connectivity index (χ2n) is 8.50. The molecular formula is C26H24F2N4O4. The van der Waals surface area contributed by atoms with E-state index in [0.29, 0.717) is 27.4 Å². The van der Waals surface area contributed by atoms with E-state index in [2.05, 4.69) is 15.6 Å². The molecule has 1 unspecified atom stereocenters. The Hall–Kier alpha value is -4.31. The van der Waals surface area contributed by atoms with Gasteiger partial charge in [-0.3, -0.25) is 14.4 Å². The zero-order valence-electron chi connectivity index (χ0n) is 19.5. The van der Waals surface area contributed by atoms with Crippen molar-refractivity contribution in [3.63, 3.8) is 0 Å². The van der Waals surface area contributed by atoms with Crippen molar-refractivity contribution in [3.05, 3.63) is 82.1 Å². The Balaban J connectivity index is 1.68. The first-order chi connectivity index (χ1) is 17.1. The lowest BCUT2D eigenvalue weighted by atomic mass is 10.0. The number of amides is 2. The van der Waals surface area contributed by atoms with Crippen molar-refractivity contribution in [2.24, 2.45) is 5.73 Å². The molecular weight excluding hydrogens is 470 g/mol. The highest BCUT2D eigenvalue weighted by Gasteiger charge is 2.21. The summed E-state index contributed by atoms with van der Waals surface area (Å²) in [5, 5.41) is 7.10. The maximum Gasteiger partial charge on any atom is 0.256 e. The number of nitrogens with two attached hydrogens (primary N) is 1. The van der Waals surface area contributed by atoms with Crippen molar-refractivity contribution in [1.29, 1.82) is 0 Å². The molecule has 0 spiro atoms. The molecule has 0 aliphatic rings. The Labute approximate surface area is 204 Å². The van der Waals surface area contributed by atoms with Crippen molar-refractivity contribution in [3.8, 4) is 0 Å². The second-order valence-corrected chi connectivity index (χ2v) is 8.50. The normalized spacial score (nSPS) is 12.1. The average molecular weight is 494 g/mol. The van der Waals surface area contributed by atoms with Gasteiger partial charge in [0.2, 0.25) is 5.91 Å². The largest absolute Gasteiger partial charge is 0.376 e. The van der Waals surface area contributed by atoms with Crippen molar-refractivity contribution in [2.45, 2.75) is 26.0 Å². The van der Waals surface area contributed by atoms with E-state index < -0.39 is 35.0 Å². The lowest BCUT2D eigenvalue weighted by Crippen LogP contribution is -2.39. The Morgan fingerprint density at radius 2 is 1.72 bits per heavy atom. The van der Waals surface area contributed by atoms with Crippen LogP contribution < -0.4 is 21.9 Å². The Morgan fingerprint density at radius 1 is 0.972 bits per heavy atom. The van der Waals surface area contributed by atoms with Crippen LogP contribution in [0.25, 0.3) is 21.7 Å². The zero-order valence-corrected chi connectivity index (χ0v) is 19.5. The highest BCUT2D eigenvalue weighted by Crippen LogP contribution is 2.26. The molecule has 4 aromatic rings. The van der Waals surface area contributed by atoms with Crippen LogP contribution >= 0.6 is 0 Å². The summed E-state index contributed by atoms with van der Waals surface area (Å²) < 4.78 is 32.6. The minimum absolute atomic E-state index is 0.0410. The first kappa shape index (κ1) is 24.8. The summed E-state index contributed by atoms with van der Waals surface area (Å²) in [4.78, 5) is 40.3. The third kappa shape index (κ3) is 5.18. The Morgan fingerprint density at radius 3 is 2.42 bits per heavy atom. The van der Waals surface area contributed by atoms with Crippen LogP contribution in [0.15, 0.2) is 59.4 Å². The maximum atomic E-state index is 13.7. The summed E-state index contributed by atoms with van der Waals surface area (Å²) in [5.41, 5.74) is 6.10. The van der Waals surface area contributed by atoms with E-state index in [0.717, 1.165) is 12.1 Å². The topological polar surface area (TPSA) is 126 Å². The van der Waals surface area contributed by atoms with Crippen LogP contribution in [0.2, 0.25) is 0 Å². The number of aromatic amines is 1. The van der Waals surface area contributed by atoms with Gasteiger partial charge < -0.3 is 26.1 Å². The lowest BCUT2D eigenvalue weighted by Gasteiger charge is -2.21. The number of aromatic nitrogens is 1. The van der Waals surface area contributed by atoms with Gasteiger partial charge in [0.1, 0.15) is 6.04 Å². The van der Waals surface area contributed by atoms with Crippen LogP contribution in [-0.4, -0.2) is 35.6 Å². The summed E-state index contributed by atoms with van der Waals surface area (Å²) in [6, 6.07) is 11.9. The van der Waals surface area contributed by atoms with Crippen LogP contribution in [0.1, 0.15) is 24.2 Å². The molecule has 5 N–H and O–H groups in total. The quantitative estimate of drug-likeness (QED) is 0.277. The molecule has 1 aromatic heterocycles. The number of fused-ring (bicyclic) bond motifs is 3. The van der Waals surface area contributed by atoms with Gasteiger partial charge >= 0.3 is 0 Å². The van der Waals surface area contributed by atoms with E-state index in [-0.39, 0.29) is 24.0 Å². The smallest absolute Gasteiger partial charge is 0.256 e. The van der Waals surface area contributed by atoms with Gasteiger partial charge in [0.05, 0.1) is 23.8 Å². The summed E-state index contributed by atoms with van der Waals surface area (Å²) in [7, 11) is 0. The molecule has 0 fully saturated rings. The molecule has 186 valence electrons. The van der Waals surface area contributed by atoms with Gasteiger partial charge in [0, 0.05) is 28.2 Å². The monoisotopic (exact) mass is 494 g/mol. The fourth-order valence-corrected chi connectivity index (χ4v) is 3.83. The number of nitrogens with one attached hydrogen (secondary N) is 3. The third-order valence-corrected chi connectivity index (χ3v) is 5.56. The number of rotatable bonds is 8. The van der Waals surface area contributed by atoms with Crippen molar-refractivity contribution < 1.29 is 23.1 Å². The van der Waals surface area contributed by atoms with Crippen molar-refractivity contribution >= 4 is 44.9 Å². The van der Waals surface area contributed by atoms with E-state index in [4.69, 9.17) is 10.5 Å². The summed E-state index contributed by atoms with van der Waals surface area (Å²) >= 11 is 0. The third-order valence-electron chi connectivity index (χ3n) is 5.56. The number of H-pyrrole nitrogens is 1. The van der Waals surface area contributed by atoms with Crippen LogP contribution in [0, 0.1) is 11.6 Å². The van der Waals surface area contributed by atoms with Gasteiger partial charge in [-0.05, 0) is 55.6 Å². The van der Waals surface area contributed by atoms with Gasteiger partial charge in [0.25, 0.3) is 11.5 Å². The molecule has 0 saturated heterocycles. The SMILES string of the molecule is CC(C)OCC(Nc1ccc(F)c(F)c1)C(=O)Nc1ccc2c(=O)[nH]c3c(C(N)=O)cccc3c2c1. The van der Waals surface area contributed by atoms with Crippen LogP contribution in [-0.2, 0) is 9.53 Å². The number of anilines is 2. The highest BCUT2D eigenvalue weighted by atomic mass is 19.2. The standard InChI is InChI=1S/C26H24F2N4O4/c1-13(2)36-12-22(30-15-7-9-20(27)21(28)11-15)26(35)31-14-6-8-17-19(10-14)16-4-3-5-18(24(29)33)23(16)32-25(17)34/h3-11,13,22,30H,12H2,1-2H3,(H2,29,33)(H,31,35)(H,32,34). The fourth-order valence-electron chi connectivity index (χ4n) is 3.83. The minimum Gasteiger partial charge on any atom is -0.376 e. The summed E-state index contributed by atoms with van der Waals surface area (Å²) in [6.45, 7) is 3.57. The molecule has 0 radical (unpaired) electrons. The number of ether oxygens (including phenoxy) is 1. The lowest BCUT2D eigenvalue weighted by molar-refractivity contribution is -0.118. The molecule has 2 amide bonds. The number of hydrogen-bond donors (Lipinski definition) is 4. The Bertz CT molecular complexity index is 1530. The summed E-state index contributed by atoms with van der Waals surface area (Å²) in [5.74, 6) is -3.23. The number of para-hydroxylation sites is 1. The summed E-state index contributed by atoms with van der Waals surface area (Å²) in [6.07, 6.45) is -0.176. The van der Waals surface area contributed by atoms with Crippen LogP contribution in [0.4, 0.5) is 20.2 Å². The van der Waals surface area contributed by atoms with Gasteiger partial charge in [-0.2, -0.15) is 0 Å². The number of hydrogen-bond acceptors (Lipinski definition) is 5. The molecule has 10 heteroatoms. The first-order valence-corrected chi connectivity index (χ1v) is 11.2. The van der Waals surface area contributed by atoms with E-state index >= 15 is 0 Å². The molecule has 0 bridgehead atoms. The number of carbonyl (C=O) groups excluding carboxylic acids is 2. The first-order valence-electron chi connectivity index (χ1n) is 11.2. The van der Waals surface area contributed by atoms with E-state index in [9.17, 15) is 23.2 Å². The number of halogens is 2. The van der Waals surface area contributed by atoms with Gasteiger partial charge in [0.15, 0.2) is 11.6 Å². The van der Waals surface area contributed by atoms with Crippen LogP contribution in [0.5, 0.6) is 0 Å². The van der Waals surface area contributed by atoms with Crippen LogP contribution in [0.3, 0.4) is 0 Å². The van der Waals surface area contributed by atoms with Crippen molar-refractivity contribution in [2.75, 3.05) is 17.2 Å². The van der Waals surface area contributed by atoms with E-state index in [1.807, 2.05) is 0 Å². The van der Waals surface area contributed by atoms with Gasteiger partial charge in [-0.25, -0.2) is 8.78 Å². The van der Waals surface area contributed by atoms with Crippen molar-refractivity contribution in [1.82, 2.24) is 4.98 Å². The highest BCUT2D eigenvalue weighted by molar-refractivity contribution is 6.13. The molecule has 0 aliphatic heterocycles. The van der Waals surface area contributed by atoms with Gasteiger partial charge in [-0.1, -0.05) is 12.1 Å². The molecule has 4 rings (SSSR count). The fraction of sp³-hybridized carbons (Fsp3) is 0.192. The average Bonchev–Trinajstić information content (AvgIpc) is 2.83. The Kier molecular flexibility index (Phi) is 6.98. The predicted octanol–water partition coefficient (Wildman–Crippen LogP) is 3.90. The minimum atomic E-state index is -1.05. The second kappa shape index (κ2) is 10.1. The van der Waals surface area contributed by atoms with Gasteiger partial charge in [-0.15, -0.1) is 0 Å². The molecule has 1 atom stereocenters. The number of pyridine rings is 1. The number of carbonyl (C=O) groups is 2. The zero-order chi connectivity index (χ0) is 26.0. The molecule has 0 saturated carbocycles. The van der Waals surface area contributed by atoms with E-state index in [1.54, 1.807) is 44.2 Å². The molecule has 8 nitrogen and oxygen atoms in total. The predicted molar refractivity (Wildman–Crippen MR) is 134 cm³/mol. The molecule has 1 heterocycles. The molecule has 36 heavy (non-hydrogen) atoms. The number of primary amides is 1. The number of benzene rings is 3.